The van der Waals surface area contributed by atoms with Crippen LogP contribution in [0.1, 0.15) is 35.8 Å². The van der Waals surface area contributed by atoms with E-state index in [2.05, 4.69) is 41.2 Å². The Kier molecular flexibility index (Phi) is 10.8. The molecule has 0 bridgehead atoms. The minimum Gasteiger partial charge on any atom is -0.398 e. The van der Waals surface area contributed by atoms with Crippen LogP contribution in [0.4, 0.5) is 5.69 Å². The molecule has 1 atom stereocenters. The summed E-state index contributed by atoms with van der Waals surface area (Å²) in [6.45, 7) is 6.61. The van der Waals surface area contributed by atoms with E-state index in [0.717, 1.165) is 13.1 Å². The SMILES string of the molecule is CCN(CC)C(CNC(=O)c1cnccc1N)c1ccccc1.Cl.Cl. The van der Waals surface area contributed by atoms with E-state index in [4.69, 9.17) is 5.73 Å². The quantitative estimate of drug-likeness (QED) is 0.767. The van der Waals surface area contributed by atoms with Gasteiger partial charge in [0.15, 0.2) is 0 Å². The maximum atomic E-state index is 12.4. The second-order valence-electron chi connectivity index (χ2n) is 5.32. The maximum absolute atomic E-state index is 12.4. The second-order valence-corrected chi connectivity index (χ2v) is 5.32. The Morgan fingerprint density at radius 3 is 2.36 bits per heavy atom. The monoisotopic (exact) mass is 384 g/mol. The first kappa shape index (κ1) is 23.2. The number of aromatic nitrogens is 1. The van der Waals surface area contributed by atoms with Gasteiger partial charge in [0.1, 0.15) is 0 Å². The van der Waals surface area contributed by atoms with Gasteiger partial charge in [-0.25, -0.2) is 0 Å². The van der Waals surface area contributed by atoms with Gasteiger partial charge in [0.05, 0.1) is 11.6 Å². The zero-order valence-corrected chi connectivity index (χ0v) is 16.1. The molecule has 5 nitrogen and oxygen atoms in total. The summed E-state index contributed by atoms with van der Waals surface area (Å²) >= 11 is 0. The number of hydrogen-bond acceptors (Lipinski definition) is 4. The molecule has 3 N–H and O–H groups in total. The Morgan fingerprint density at radius 1 is 1.16 bits per heavy atom. The lowest BCUT2D eigenvalue weighted by Crippen LogP contribution is -2.38. The molecule has 0 spiro atoms. The number of carbonyl (C=O) groups excluding carboxylic acids is 1. The van der Waals surface area contributed by atoms with Gasteiger partial charge >= 0.3 is 0 Å². The summed E-state index contributed by atoms with van der Waals surface area (Å²) in [5.41, 5.74) is 7.89. The van der Waals surface area contributed by atoms with Gasteiger partial charge in [0.25, 0.3) is 5.91 Å². The highest BCUT2D eigenvalue weighted by Crippen LogP contribution is 2.20. The van der Waals surface area contributed by atoms with E-state index in [9.17, 15) is 4.79 Å². The largest absolute Gasteiger partial charge is 0.398 e. The number of anilines is 1. The minimum absolute atomic E-state index is 0. The van der Waals surface area contributed by atoms with Crippen LogP contribution in [0.5, 0.6) is 0 Å². The lowest BCUT2D eigenvalue weighted by atomic mass is 10.0. The van der Waals surface area contributed by atoms with Crippen molar-refractivity contribution in [3.8, 4) is 0 Å². The molecular weight excluding hydrogens is 359 g/mol. The molecular formula is C18H26Cl2N4O. The van der Waals surface area contributed by atoms with E-state index < -0.39 is 0 Å². The van der Waals surface area contributed by atoms with Crippen LogP contribution in [0.3, 0.4) is 0 Å². The van der Waals surface area contributed by atoms with Crippen LogP contribution >= 0.6 is 24.8 Å². The molecule has 2 aromatic rings. The molecule has 2 rings (SSSR count). The summed E-state index contributed by atoms with van der Waals surface area (Å²) in [7, 11) is 0. The molecule has 0 aliphatic rings. The zero-order valence-electron chi connectivity index (χ0n) is 14.5. The third-order valence-corrected chi connectivity index (χ3v) is 3.99. The summed E-state index contributed by atoms with van der Waals surface area (Å²) in [5, 5.41) is 2.99. The van der Waals surface area contributed by atoms with Gasteiger partial charge in [-0.15, -0.1) is 24.8 Å². The van der Waals surface area contributed by atoms with Crippen LogP contribution in [0.25, 0.3) is 0 Å². The fraction of sp³-hybridized carbons (Fsp3) is 0.333. The predicted octanol–water partition coefficient (Wildman–Crippen LogP) is 3.32. The van der Waals surface area contributed by atoms with Crippen LogP contribution in [0, 0.1) is 0 Å². The van der Waals surface area contributed by atoms with Gasteiger partial charge in [-0.3, -0.25) is 14.7 Å². The van der Waals surface area contributed by atoms with Crippen LogP contribution in [0.15, 0.2) is 48.8 Å². The normalized spacial score (nSPS) is 11.2. The molecule has 1 unspecified atom stereocenters. The van der Waals surface area contributed by atoms with E-state index in [1.54, 1.807) is 12.3 Å². The third kappa shape index (κ3) is 6.20. The lowest BCUT2D eigenvalue weighted by molar-refractivity contribution is 0.0935. The molecule has 1 heterocycles. The first-order valence-electron chi connectivity index (χ1n) is 7.94. The molecule has 1 amide bonds. The van der Waals surface area contributed by atoms with Crippen molar-refractivity contribution in [2.75, 3.05) is 25.4 Å². The van der Waals surface area contributed by atoms with Crippen molar-refractivity contribution in [3.05, 3.63) is 59.9 Å². The molecule has 0 saturated carbocycles. The third-order valence-electron chi connectivity index (χ3n) is 3.99. The van der Waals surface area contributed by atoms with Crippen molar-refractivity contribution in [1.82, 2.24) is 15.2 Å². The number of halogens is 2. The van der Waals surface area contributed by atoms with Crippen molar-refractivity contribution < 1.29 is 4.79 Å². The fourth-order valence-corrected chi connectivity index (χ4v) is 2.68. The zero-order chi connectivity index (χ0) is 16.7. The van der Waals surface area contributed by atoms with Gasteiger partial charge in [0.2, 0.25) is 0 Å². The van der Waals surface area contributed by atoms with Crippen LogP contribution < -0.4 is 11.1 Å². The Hall–Kier alpha value is -1.82. The van der Waals surface area contributed by atoms with E-state index in [0.29, 0.717) is 17.8 Å². The number of nitrogen functional groups attached to an aromatic ring is 1. The molecule has 0 aliphatic heterocycles. The van der Waals surface area contributed by atoms with Crippen LogP contribution in [-0.2, 0) is 0 Å². The van der Waals surface area contributed by atoms with Gasteiger partial charge in [-0.1, -0.05) is 44.2 Å². The molecule has 25 heavy (non-hydrogen) atoms. The maximum Gasteiger partial charge on any atom is 0.255 e. The topological polar surface area (TPSA) is 71.2 Å². The smallest absolute Gasteiger partial charge is 0.255 e. The summed E-state index contributed by atoms with van der Waals surface area (Å²) in [6.07, 6.45) is 3.08. The molecule has 7 heteroatoms. The minimum atomic E-state index is -0.191. The van der Waals surface area contributed by atoms with E-state index in [1.807, 2.05) is 18.2 Å². The van der Waals surface area contributed by atoms with Crippen LogP contribution in [-0.4, -0.2) is 35.4 Å². The molecule has 138 valence electrons. The van der Waals surface area contributed by atoms with E-state index in [-0.39, 0.29) is 36.8 Å². The Bertz CT molecular complexity index is 636. The number of nitrogens with two attached hydrogens (primary N) is 1. The summed E-state index contributed by atoms with van der Waals surface area (Å²) in [6, 6.07) is 12.0. The number of amides is 1. The Morgan fingerprint density at radius 2 is 1.80 bits per heavy atom. The number of benzene rings is 1. The average molecular weight is 385 g/mol. The highest BCUT2D eigenvalue weighted by atomic mass is 35.5. The predicted molar refractivity (Wildman–Crippen MR) is 108 cm³/mol. The van der Waals surface area contributed by atoms with Gasteiger partial charge in [0, 0.05) is 24.6 Å². The number of carbonyl (C=O) groups is 1. The average Bonchev–Trinajstić information content (AvgIpc) is 2.59. The van der Waals surface area contributed by atoms with Gasteiger partial charge in [-0.2, -0.15) is 0 Å². The summed E-state index contributed by atoms with van der Waals surface area (Å²) < 4.78 is 0. The van der Waals surface area contributed by atoms with E-state index >= 15 is 0 Å². The van der Waals surface area contributed by atoms with Crippen molar-refractivity contribution >= 4 is 36.4 Å². The molecule has 1 aromatic carbocycles. The molecule has 0 aliphatic carbocycles. The number of likely N-dealkylation sites (N-methyl/N-ethyl adjacent to an activating group) is 1. The van der Waals surface area contributed by atoms with Crippen molar-refractivity contribution in [3.63, 3.8) is 0 Å². The van der Waals surface area contributed by atoms with Crippen LogP contribution in [0.2, 0.25) is 0 Å². The number of hydrogen-bond donors (Lipinski definition) is 2. The lowest BCUT2D eigenvalue weighted by Gasteiger charge is -2.30. The van der Waals surface area contributed by atoms with Crippen molar-refractivity contribution in [1.29, 1.82) is 0 Å². The molecule has 0 saturated heterocycles. The molecule has 0 radical (unpaired) electrons. The second kappa shape index (κ2) is 11.7. The molecule has 0 fully saturated rings. The number of nitrogens with one attached hydrogen (secondary N) is 1. The molecule has 1 aromatic heterocycles. The number of rotatable bonds is 7. The van der Waals surface area contributed by atoms with Gasteiger partial charge in [-0.05, 0) is 24.7 Å². The Balaban J connectivity index is 0.00000288. The van der Waals surface area contributed by atoms with Gasteiger partial charge < -0.3 is 11.1 Å². The van der Waals surface area contributed by atoms with E-state index in [1.165, 1.54) is 11.8 Å². The number of pyridine rings is 1. The fourth-order valence-electron chi connectivity index (χ4n) is 2.68. The first-order valence-corrected chi connectivity index (χ1v) is 7.94. The summed E-state index contributed by atoms with van der Waals surface area (Å²) in [4.78, 5) is 18.6. The first-order chi connectivity index (χ1) is 11.2. The standard InChI is InChI=1S/C18H24N4O.2ClH/c1-3-22(4-2)17(14-8-6-5-7-9-14)13-21-18(23)15-12-20-11-10-16(15)19;;/h5-12,17H,3-4,13H2,1-2H3,(H2,19,20)(H,21,23);2*1H. The summed E-state index contributed by atoms with van der Waals surface area (Å²) in [5.74, 6) is -0.191. The number of nitrogens with zero attached hydrogens (tertiary/aromatic N) is 2. The highest BCUT2D eigenvalue weighted by Gasteiger charge is 2.19. The van der Waals surface area contributed by atoms with Crippen molar-refractivity contribution in [2.24, 2.45) is 0 Å². The highest BCUT2D eigenvalue weighted by molar-refractivity contribution is 5.98. The Labute approximate surface area is 161 Å². The van der Waals surface area contributed by atoms with Crippen molar-refractivity contribution in [2.45, 2.75) is 19.9 Å².